The molecule has 23 heavy (non-hydrogen) atoms. The van der Waals surface area contributed by atoms with E-state index in [-0.39, 0.29) is 17.3 Å². The van der Waals surface area contributed by atoms with Gasteiger partial charge in [-0.15, -0.1) is 0 Å². The van der Waals surface area contributed by atoms with Crippen LogP contribution >= 0.6 is 0 Å². The fourth-order valence-electron chi connectivity index (χ4n) is 2.19. The lowest BCUT2D eigenvalue weighted by Crippen LogP contribution is -2.06. The van der Waals surface area contributed by atoms with Crippen LogP contribution in [0.15, 0.2) is 39.5 Å². The van der Waals surface area contributed by atoms with E-state index in [2.05, 4.69) is 9.97 Å². The largest absolute Gasteiger partial charge is 0.497 e. The van der Waals surface area contributed by atoms with E-state index in [0.717, 1.165) is 0 Å². The van der Waals surface area contributed by atoms with Gasteiger partial charge >= 0.3 is 11.6 Å². The molecule has 0 aliphatic carbocycles. The second-order valence-electron chi connectivity index (χ2n) is 4.61. The van der Waals surface area contributed by atoms with E-state index in [1.54, 1.807) is 31.4 Å². The van der Waals surface area contributed by atoms with E-state index in [9.17, 15) is 4.79 Å². The Bertz CT molecular complexity index is 920. The molecule has 118 valence electrons. The molecule has 0 amide bonds. The summed E-state index contributed by atoms with van der Waals surface area (Å²) in [5, 5.41) is 0.167. The van der Waals surface area contributed by atoms with Crippen molar-refractivity contribution in [2.24, 2.45) is 0 Å². The SMILES string of the molecule is COc1cccc(-c2cc3nc(OC)nc(OC)c3c(=O)o2)c1. The van der Waals surface area contributed by atoms with Crippen LogP contribution in [0.5, 0.6) is 17.6 Å². The van der Waals surface area contributed by atoms with Crippen molar-refractivity contribution in [3.05, 3.63) is 40.8 Å². The molecular formula is C16H14N2O5. The van der Waals surface area contributed by atoms with Crippen molar-refractivity contribution < 1.29 is 18.6 Å². The molecule has 2 aromatic heterocycles. The van der Waals surface area contributed by atoms with Crippen LogP contribution in [0.3, 0.4) is 0 Å². The first kappa shape index (κ1) is 14.8. The maximum atomic E-state index is 12.3. The van der Waals surface area contributed by atoms with Crippen molar-refractivity contribution in [2.45, 2.75) is 0 Å². The van der Waals surface area contributed by atoms with Gasteiger partial charge in [0.1, 0.15) is 16.9 Å². The zero-order valence-corrected chi connectivity index (χ0v) is 12.8. The lowest BCUT2D eigenvalue weighted by molar-refractivity contribution is 0.355. The van der Waals surface area contributed by atoms with Gasteiger partial charge in [0.15, 0.2) is 0 Å². The van der Waals surface area contributed by atoms with Crippen LogP contribution in [0.2, 0.25) is 0 Å². The Morgan fingerprint density at radius 2 is 1.83 bits per heavy atom. The van der Waals surface area contributed by atoms with E-state index in [1.807, 2.05) is 6.07 Å². The second kappa shape index (κ2) is 5.96. The second-order valence-corrected chi connectivity index (χ2v) is 4.61. The van der Waals surface area contributed by atoms with Crippen LogP contribution in [0.25, 0.3) is 22.2 Å². The minimum absolute atomic E-state index is 0.108. The van der Waals surface area contributed by atoms with Crippen LogP contribution in [0.1, 0.15) is 0 Å². The molecule has 0 spiro atoms. The number of ether oxygens (including phenoxy) is 3. The van der Waals surface area contributed by atoms with Crippen LogP contribution in [0, 0.1) is 0 Å². The van der Waals surface area contributed by atoms with Gasteiger partial charge in [-0.3, -0.25) is 0 Å². The first-order chi connectivity index (χ1) is 11.2. The molecule has 3 rings (SSSR count). The van der Waals surface area contributed by atoms with Crippen LogP contribution in [-0.2, 0) is 0 Å². The van der Waals surface area contributed by atoms with Gasteiger partial charge in [-0.25, -0.2) is 4.79 Å². The average Bonchev–Trinajstić information content (AvgIpc) is 2.60. The summed E-state index contributed by atoms with van der Waals surface area (Å²) < 4.78 is 20.7. The molecule has 0 N–H and O–H groups in total. The van der Waals surface area contributed by atoms with Crippen LogP contribution in [-0.4, -0.2) is 31.3 Å². The maximum Gasteiger partial charge on any atom is 0.351 e. The predicted octanol–water partition coefficient (Wildman–Crippen LogP) is 2.28. The normalized spacial score (nSPS) is 10.6. The lowest BCUT2D eigenvalue weighted by atomic mass is 10.1. The first-order valence-electron chi connectivity index (χ1n) is 6.74. The summed E-state index contributed by atoms with van der Waals surface area (Å²) in [7, 11) is 4.42. The summed E-state index contributed by atoms with van der Waals surface area (Å²) in [4.78, 5) is 20.5. The number of aromatic nitrogens is 2. The minimum Gasteiger partial charge on any atom is -0.497 e. The molecule has 0 saturated heterocycles. The molecule has 0 bridgehead atoms. The molecule has 0 aliphatic rings. The Morgan fingerprint density at radius 3 is 2.52 bits per heavy atom. The topological polar surface area (TPSA) is 83.7 Å². The van der Waals surface area contributed by atoms with E-state index in [1.165, 1.54) is 14.2 Å². The molecule has 0 saturated carbocycles. The summed E-state index contributed by atoms with van der Waals surface area (Å²) in [6.45, 7) is 0. The number of nitrogens with zero attached hydrogens (tertiary/aromatic N) is 2. The summed E-state index contributed by atoms with van der Waals surface area (Å²) >= 11 is 0. The summed E-state index contributed by atoms with van der Waals surface area (Å²) in [5.74, 6) is 1.13. The van der Waals surface area contributed by atoms with Crippen molar-refractivity contribution in [1.29, 1.82) is 0 Å². The molecule has 0 aliphatic heterocycles. The lowest BCUT2D eigenvalue weighted by Gasteiger charge is -2.07. The van der Waals surface area contributed by atoms with E-state index >= 15 is 0 Å². The van der Waals surface area contributed by atoms with E-state index in [0.29, 0.717) is 22.6 Å². The first-order valence-corrected chi connectivity index (χ1v) is 6.74. The fraction of sp³-hybridized carbons (Fsp3) is 0.188. The Kier molecular flexibility index (Phi) is 3.84. The minimum atomic E-state index is -0.583. The van der Waals surface area contributed by atoms with Gasteiger partial charge in [0, 0.05) is 11.6 Å². The highest BCUT2D eigenvalue weighted by Gasteiger charge is 2.16. The summed E-state index contributed by atoms with van der Waals surface area (Å²) in [6, 6.07) is 8.92. The monoisotopic (exact) mass is 314 g/mol. The number of rotatable bonds is 4. The molecular weight excluding hydrogens is 300 g/mol. The molecule has 0 unspecified atom stereocenters. The average molecular weight is 314 g/mol. The van der Waals surface area contributed by atoms with Crippen molar-refractivity contribution in [3.8, 4) is 29.0 Å². The standard InChI is InChI=1S/C16H14N2O5/c1-20-10-6-4-5-9(7-10)12-8-11-13(15(19)23-12)14(21-2)18-16(17-11)22-3/h4-8H,1-3H3. The quantitative estimate of drug-likeness (QED) is 0.730. The van der Waals surface area contributed by atoms with Crippen LogP contribution in [0.4, 0.5) is 0 Å². The van der Waals surface area contributed by atoms with Gasteiger partial charge in [-0.2, -0.15) is 9.97 Å². The van der Waals surface area contributed by atoms with Gasteiger partial charge < -0.3 is 18.6 Å². The summed E-state index contributed by atoms with van der Waals surface area (Å²) in [6.07, 6.45) is 0. The van der Waals surface area contributed by atoms with Crippen LogP contribution < -0.4 is 19.8 Å². The zero-order chi connectivity index (χ0) is 16.4. The Labute approximate surface area is 131 Å². The number of benzene rings is 1. The van der Waals surface area contributed by atoms with Crippen molar-refractivity contribution in [2.75, 3.05) is 21.3 Å². The third-order valence-corrected chi connectivity index (χ3v) is 3.29. The Morgan fingerprint density at radius 1 is 1.00 bits per heavy atom. The Hall–Kier alpha value is -3.09. The van der Waals surface area contributed by atoms with Crippen molar-refractivity contribution >= 4 is 10.9 Å². The Balaban J connectivity index is 2.26. The maximum absolute atomic E-state index is 12.3. The molecule has 1 aromatic carbocycles. The highest BCUT2D eigenvalue weighted by Crippen LogP contribution is 2.28. The number of fused-ring (bicyclic) bond motifs is 1. The fourth-order valence-corrected chi connectivity index (χ4v) is 2.19. The summed E-state index contributed by atoms with van der Waals surface area (Å²) in [5.41, 5.74) is 0.488. The third kappa shape index (κ3) is 2.68. The highest BCUT2D eigenvalue weighted by molar-refractivity contribution is 5.85. The molecule has 2 heterocycles. The van der Waals surface area contributed by atoms with E-state index in [4.69, 9.17) is 18.6 Å². The predicted molar refractivity (Wildman–Crippen MR) is 83.2 cm³/mol. The molecule has 7 heteroatoms. The van der Waals surface area contributed by atoms with Gasteiger partial charge in [0.25, 0.3) is 0 Å². The molecule has 0 atom stereocenters. The number of hydrogen-bond acceptors (Lipinski definition) is 7. The third-order valence-electron chi connectivity index (χ3n) is 3.29. The molecule has 3 aromatic rings. The van der Waals surface area contributed by atoms with Crippen molar-refractivity contribution in [1.82, 2.24) is 9.97 Å². The molecule has 7 nitrogen and oxygen atoms in total. The van der Waals surface area contributed by atoms with E-state index < -0.39 is 5.63 Å². The zero-order valence-electron chi connectivity index (χ0n) is 12.8. The molecule has 0 radical (unpaired) electrons. The smallest absolute Gasteiger partial charge is 0.351 e. The van der Waals surface area contributed by atoms with Gasteiger partial charge in [0.05, 0.1) is 26.8 Å². The number of methoxy groups -OCH3 is 3. The van der Waals surface area contributed by atoms with Gasteiger partial charge in [-0.05, 0) is 12.1 Å². The van der Waals surface area contributed by atoms with Gasteiger partial charge in [0.2, 0.25) is 5.88 Å². The number of hydrogen-bond donors (Lipinski definition) is 0. The van der Waals surface area contributed by atoms with Gasteiger partial charge in [-0.1, -0.05) is 12.1 Å². The van der Waals surface area contributed by atoms with Crippen molar-refractivity contribution in [3.63, 3.8) is 0 Å². The molecule has 0 fully saturated rings. The highest BCUT2D eigenvalue weighted by atomic mass is 16.5.